The highest BCUT2D eigenvalue weighted by atomic mass is 127. The first kappa shape index (κ1) is 12.8. The topological polar surface area (TPSA) is 75.1 Å². The summed E-state index contributed by atoms with van der Waals surface area (Å²) in [6, 6.07) is 0.00613. The van der Waals surface area contributed by atoms with Crippen molar-refractivity contribution >= 4 is 22.6 Å². The summed E-state index contributed by atoms with van der Waals surface area (Å²) in [6.45, 7) is 0.0901. The molecular formula is C11H15IN2O3. The summed E-state index contributed by atoms with van der Waals surface area (Å²) in [4.78, 5) is 25.4. The Morgan fingerprint density at radius 1 is 1.41 bits per heavy atom. The van der Waals surface area contributed by atoms with Crippen molar-refractivity contribution in [2.24, 2.45) is 5.92 Å². The van der Waals surface area contributed by atoms with Gasteiger partial charge in [0, 0.05) is 24.8 Å². The van der Waals surface area contributed by atoms with Gasteiger partial charge >= 0.3 is 5.69 Å². The van der Waals surface area contributed by atoms with Crippen LogP contribution < -0.4 is 11.2 Å². The number of aliphatic hydroxyl groups is 1. The van der Waals surface area contributed by atoms with E-state index in [0.29, 0.717) is 3.57 Å². The Kier molecular flexibility index (Phi) is 4.03. The molecule has 6 heteroatoms. The summed E-state index contributed by atoms with van der Waals surface area (Å²) in [5.41, 5.74) is -0.719. The van der Waals surface area contributed by atoms with Gasteiger partial charge < -0.3 is 5.11 Å². The van der Waals surface area contributed by atoms with Gasteiger partial charge in [0.2, 0.25) is 0 Å². The summed E-state index contributed by atoms with van der Waals surface area (Å²) in [7, 11) is 0. The molecule has 94 valence electrons. The maximum Gasteiger partial charge on any atom is 0.328 e. The first-order chi connectivity index (χ1) is 8.13. The standard InChI is InChI=1S/C11H15IN2O3/c12-8-5-14(11(17)13-10(8)16)9-4-2-1-3-7(9)6-15/h5,7,9,15H,1-4,6H2,(H,13,16,17)/t7-,9-/m1/s1. The number of aliphatic hydroxyl groups excluding tert-OH is 1. The number of nitrogens with one attached hydrogen (secondary N) is 1. The quantitative estimate of drug-likeness (QED) is 0.778. The predicted molar refractivity (Wildman–Crippen MR) is 72.1 cm³/mol. The average molecular weight is 350 g/mol. The first-order valence-electron chi connectivity index (χ1n) is 5.75. The molecule has 1 aromatic rings. The Morgan fingerprint density at radius 3 is 2.82 bits per heavy atom. The summed E-state index contributed by atoms with van der Waals surface area (Å²) in [5, 5.41) is 9.35. The minimum absolute atomic E-state index is 0.00613. The third kappa shape index (κ3) is 2.62. The zero-order valence-electron chi connectivity index (χ0n) is 9.36. The fraction of sp³-hybridized carbons (Fsp3) is 0.636. The van der Waals surface area contributed by atoms with Gasteiger partial charge in [0.05, 0.1) is 3.57 Å². The number of halogens is 1. The maximum atomic E-state index is 11.8. The smallest absolute Gasteiger partial charge is 0.328 e. The molecule has 0 spiro atoms. The lowest BCUT2D eigenvalue weighted by atomic mass is 9.85. The largest absolute Gasteiger partial charge is 0.396 e. The highest BCUT2D eigenvalue weighted by molar-refractivity contribution is 14.1. The van der Waals surface area contributed by atoms with Gasteiger partial charge in [-0.05, 0) is 35.4 Å². The van der Waals surface area contributed by atoms with Crippen LogP contribution in [0.15, 0.2) is 15.8 Å². The van der Waals surface area contributed by atoms with Crippen molar-refractivity contribution in [1.82, 2.24) is 9.55 Å². The molecule has 0 aliphatic heterocycles. The second kappa shape index (κ2) is 5.34. The highest BCUT2D eigenvalue weighted by Gasteiger charge is 2.26. The minimum Gasteiger partial charge on any atom is -0.396 e. The summed E-state index contributed by atoms with van der Waals surface area (Å²) >= 11 is 1.92. The Labute approximate surface area is 112 Å². The highest BCUT2D eigenvalue weighted by Crippen LogP contribution is 2.32. The third-order valence-electron chi connectivity index (χ3n) is 3.39. The molecule has 0 aromatic carbocycles. The zero-order valence-corrected chi connectivity index (χ0v) is 11.5. The molecule has 0 radical (unpaired) electrons. The average Bonchev–Trinajstić information content (AvgIpc) is 2.34. The van der Waals surface area contributed by atoms with Crippen LogP contribution >= 0.6 is 22.6 Å². The van der Waals surface area contributed by atoms with Crippen LogP contribution in [0, 0.1) is 9.49 Å². The van der Waals surface area contributed by atoms with Crippen LogP contribution in [0.3, 0.4) is 0 Å². The van der Waals surface area contributed by atoms with Crippen LogP contribution in [-0.4, -0.2) is 21.3 Å². The van der Waals surface area contributed by atoms with Crippen molar-refractivity contribution in [2.75, 3.05) is 6.61 Å². The van der Waals surface area contributed by atoms with Gasteiger partial charge in [-0.15, -0.1) is 0 Å². The molecule has 1 fully saturated rings. The van der Waals surface area contributed by atoms with Crippen LogP contribution in [-0.2, 0) is 0 Å². The Balaban J connectivity index is 2.41. The Bertz CT molecular complexity index is 508. The van der Waals surface area contributed by atoms with E-state index in [1.54, 1.807) is 10.8 Å². The number of rotatable bonds is 2. The van der Waals surface area contributed by atoms with E-state index in [0.717, 1.165) is 25.7 Å². The number of nitrogens with zero attached hydrogens (tertiary/aromatic N) is 1. The fourth-order valence-corrected chi connectivity index (χ4v) is 2.91. The van der Waals surface area contributed by atoms with Crippen molar-refractivity contribution in [2.45, 2.75) is 31.7 Å². The van der Waals surface area contributed by atoms with Gasteiger partial charge in [0.1, 0.15) is 0 Å². The van der Waals surface area contributed by atoms with Crippen LogP contribution in [0.5, 0.6) is 0 Å². The molecule has 1 saturated carbocycles. The second-order valence-electron chi connectivity index (χ2n) is 4.44. The Hall–Kier alpha value is -0.630. The molecule has 1 aliphatic rings. The van der Waals surface area contributed by atoms with Crippen molar-refractivity contribution in [3.8, 4) is 0 Å². The number of hydrogen-bond donors (Lipinski definition) is 2. The lowest BCUT2D eigenvalue weighted by Gasteiger charge is -2.31. The van der Waals surface area contributed by atoms with E-state index < -0.39 is 0 Å². The molecule has 0 saturated heterocycles. The van der Waals surface area contributed by atoms with Crippen molar-refractivity contribution < 1.29 is 5.11 Å². The van der Waals surface area contributed by atoms with Gasteiger partial charge in [-0.2, -0.15) is 0 Å². The van der Waals surface area contributed by atoms with Crippen LogP contribution in [0.25, 0.3) is 0 Å². The molecule has 0 bridgehead atoms. The van der Waals surface area contributed by atoms with E-state index in [9.17, 15) is 14.7 Å². The van der Waals surface area contributed by atoms with Gasteiger partial charge in [-0.3, -0.25) is 14.3 Å². The minimum atomic E-state index is -0.374. The molecule has 2 rings (SSSR count). The SMILES string of the molecule is O=c1[nH]c(=O)n([C@@H]2CCCC[C@@H]2CO)cc1I. The van der Waals surface area contributed by atoms with E-state index >= 15 is 0 Å². The summed E-state index contributed by atoms with van der Waals surface area (Å²) in [6.07, 6.45) is 5.57. The lowest BCUT2D eigenvalue weighted by molar-refractivity contribution is 0.135. The molecule has 1 heterocycles. The molecular weight excluding hydrogens is 335 g/mol. The first-order valence-corrected chi connectivity index (χ1v) is 6.83. The number of H-pyrrole nitrogens is 1. The molecule has 2 N–H and O–H groups in total. The van der Waals surface area contributed by atoms with Gasteiger partial charge in [-0.25, -0.2) is 4.79 Å². The number of hydrogen-bond acceptors (Lipinski definition) is 3. The van der Waals surface area contributed by atoms with E-state index in [1.807, 2.05) is 22.6 Å². The van der Waals surface area contributed by atoms with Gasteiger partial charge in [-0.1, -0.05) is 12.8 Å². The fourth-order valence-electron chi connectivity index (χ4n) is 2.47. The molecule has 0 amide bonds. The molecule has 2 atom stereocenters. The number of aromatic nitrogens is 2. The van der Waals surface area contributed by atoms with E-state index in [2.05, 4.69) is 4.98 Å². The van der Waals surface area contributed by atoms with Gasteiger partial charge in [0.15, 0.2) is 0 Å². The Morgan fingerprint density at radius 2 is 2.12 bits per heavy atom. The van der Waals surface area contributed by atoms with Crippen LogP contribution in [0.1, 0.15) is 31.7 Å². The van der Waals surface area contributed by atoms with E-state index in [4.69, 9.17) is 0 Å². The maximum absolute atomic E-state index is 11.8. The third-order valence-corrected chi connectivity index (χ3v) is 4.15. The summed E-state index contributed by atoms with van der Waals surface area (Å²) in [5.74, 6) is 0.114. The van der Waals surface area contributed by atoms with Crippen molar-refractivity contribution in [3.63, 3.8) is 0 Å². The van der Waals surface area contributed by atoms with Crippen LogP contribution in [0.2, 0.25) is 0 Å². The van der Waals surface area contributed by atoms with Gasteiger partial charge in [0.25, 0.3) is 5.56 Å². The number of aromatic amines is 1. The van der Waals surface area contributed by atoms with E-state index in [-0.39, 0.29) is 29.8 Å². The molecule has 1 aliphatic carbocycles. The lowest BCUT2D eigenvalue weighted by Crippen LogP contribution is -2.38. The normalized spacial score (nSPS) is 24.8. The molecule has 5 nitrogen and oxygen atoms in total. The van der Waals surface area contributed by atoms with Crippen LogP contribution in [0.4, 0.5) is 0 Å². The predicted octanol–water partition coefficient (Wildman–Crippen LogP) is 0.865. The van der Waals surface area contributed by atoms with Crippen molar-refractivity contribution in [3.05, 3.63) is 30.6 Å². The van der Waals surface area contributed by atoms with Crippen molar-refractivity contribution in [1.29, 1.82) is 0 Å². The molecule has 17 heavy (non-hydrogen) atoms. The summed E-state index contributed by atoms with van der Waals surface area (Å²) < 4.78 is 2.08. The molecule has 1 aromatic heterocycles. The second-order valence-corrected chi connectivity index (χ2v) is 5.60. The zero-order chi connectivity index (χ0) is 12.4. The monoisotopic (exact) mass is 350 g/mol. The molecule has 0 unspecified atom stereocenters. The van der Waals surface area contributed by atoms with E-state index in [1.165, 1.54) is 0 Å².